The molecule has 176 valence electrons. The maximum atomic E-state index is 14.1. The van der Waals surface area contributed by atoms with E-state index in [0.29, 0.717) is 38.2 Å². The Morgan fingerprint density at radius 2 is 1.94 bits per heavy atom. The number of aryl methyl sites for hydroxylation is 1. The fourth-order valence-electron chi connectivity index (χ4n) is 3.38. The molecule has 0 amide bonds. The molecule has 0 spiro atoms. The first-order chi connectivity index (χ1) is 15.1. The Kier molecular flexibility index (Phi) is 11.0. The molecule has 2 N–H and O–H groups in total. The lowest BCUT2D eigenvalue weighted by molar-refractivity contribution is 0.166. The lowest BCUT2D eigenvalue weighted by Gasteiger charge is -2.17. The summed E-state index contributed by atoms with van der Waals surface area (Å²) in [7, 11) is 1.71. The number of rotatable bonds is 9. The van der Waals surface area contributed by atoms with Crippen LogP contribution in [-0.2, 0) is 17.8 Å². The van der Waals surface area contributed by atoms with E-state index in [9.17, 15) is 4.39 Å². The van der Waals surface area contributed by atoms with Crippen LogP contribution in [0.1, 0.15) is 30.0 Å². The summed E-state index contributed by atoms with van der Waals surface area (Å²) in [6, 6.07) is 11.2. The third-order valence-electron chi connectivity index (χ3n) is 5.15. The van der Waals surface area contributed by atoms with E-state index in [0.717, 1.165) is 42.1 Å². The van der Waals surface area contributed by atoms with Crippen molar-refractivity contribution < 1.29 is 18.6 Å². The highest BCUT2D eigenvalue weighted by Gasteiger charge is 2.17. The monoisotopic (exact) mass is 557 g/mol. The number of nitrogens with one attached hydrogen (secondary N) is 2. The Bertz CT molecular complexity index is 889. The number of nitrogens with zero attached hydrogens (tertiary/aromatic N) is 1. The van der Waals surface area contributed by atoms with Gasteiger partial charge in [-0.1, -0.05) is 18.2 Å². The molecule has 6 nitrogen and oxygen atoms in total. The van der Waals surface area contributed by atoms with E-state index in [1.165, 1.54) is 6.07 Å². The van der Waals surface area contributed by atoms with Crippen LogP contribution in [0.15, 0.2) is 41.4 Å². The van der Waals surface area contributed by atoms with Crippen molar-refractivity contribution >= 4 is 29.9 Å². The Balaban J connectivity index is 0.00000363. The van der Waals surface area contributed by atoms with Crippen LogP contribution < -0.4 is 20.1 Å². The topological polar surface area (TPSA) is 64.1 Å². The number of aliphatic imine (C=N–C) groups is 1. The lowest BCUT2D eigenvalue weighted by atomic mass is 10.1. The summed E-state index contributed by atoms with van der Waals surface area (Å²) in [5.74, 6) is 1.86. The van der Waals surface area contributed by atoms with Crippen LogP contribution in [0.4, 0.5) is 4.39 Å². The van der Waals surface area contributed by atoms with Crippen LogP contribution >= 0.6 is 24.0 Å². The quantitative estimate of drug-likeness (QED) is 0.272. The van der Waals surface area contributed by atoms with Gasteiger partial charge >= 0.3 is 0 Å². The van der Waals surface area contributed by atoms with E-state index < -0.39 is 0 Å². The molecule has 1 heterocycles. The second kappa shape index (κ2) is 13.5. The molecule has 1 saturated heterocycles. The summed E-state index contributed by atoms with van der Waals surface area (Å²) in [6.07, 6.45) is 1.04. The minimum absolute atomic E-state index is 0. The van der Waals surface area contributed by atoms with Crippen molar-refractivity contribution in [2.24, 2.45) is 10.9 Å². The standard InChI is InChI=1S/C24H32FN3O3.HI/c1-4-30-22-8-6-18(12-21(22)25)13-27-24(26-3)28-14-20-7-5-17(2)11-23(20)31-16-19-9-10-29-15-19;/h5-8,11-12,19H,4,9-10,13-16H2,1-3H3,(H2,26,27,28);1H. The lowest BCUT2D eigenvalue weighted by Crippen LogP contribution is -2.36. The molecule has 1 fully saturated rings. The van der Waals surface area contributed by atoms with Gasteiger partial charge in [0.1, 0.15) is 5.75 Å². The summed E-state index contributed by atoms with van der Waals surface area (Å²) in [5, 5.41) is 6.52. The van der Waals surface area contributed by atoms with Crippen LogP contribution in [0.2, 0.25) is 0 Å². The Morgan fingerprint density at radius 3 is 2.62 bits per heavy atom. The molecule has 2 aromatic rings. The maximum Gasteiger partial charge on any atom is 0.191 e. The zero-order valence-electron chi connectivity index (χ0n) is 18.9. The molecule has 1 unspecified atom stereocenters. The predicted molar refractivity (Wildman–Crippen MR) is 136 cm³/mol. The SMILES string of the molecule is CCOc1ccc(CNC(=NC)NCc2ccc(C)cc2OCC2CCOC2)cc1F.I. The van der Waals surface area contributed by atoms with E-state index in [2.05, 4.69) is 40.7 Å². The molecule has 1 aliphatic heterocycles. The molecule has 8 heteroatoms. The summed E-state index contributed by atoms with van der Waals surface area (Å²) < 4.78 is 30.8. The number of benzene rings is 2. The second-order valence-corrected chi connectivity index (χ2v) is 7.63. The van der Waals surface area contributed by atoms with Crippen molar-refractivity contribution in [2.75, 3.05) is 33.5 Å². The van der Waals surface area contributed by atoms with Crippen molar-refractivity contribution in [2.45, 2.75) is 33.4 Å². The molecule has 3 rings (SSSR count). The van der Waals surface area contributed by atoms with Gasteiger partial charge in [0.2, 0.25) is 0 Å². The molecule has 2 aromatic carbocycles. The molecule has 0 aromatic heterocycles. The van der Waals surface area contributed by atoms with Gasteiger partial charge in [-0.15, -0.1) is 24.0 Å². The number of ether oxygens (including phenoxy) is 3. The van der Waals surface area contributed by atoms with Crippen LogP contribution in [-0.4, -0.2) is 39.4 Å². The van der Waals surface area contributed by atoms with Crippen molar-refractivity contribution in [3.8, 4) is 11.5 Å². The third-order valence-corrected chi connectivity index (χ3v) is 5.15. The molecular formula is C24H33FIN3O3. The van der Waals surface area contributed by atoms with E-state index in [-0.39, 0.29) is 35.5 Å². The fraction of sp³-hybridized carbons (Fsp3) is 0.458. The first kappa shape index (κ1) is 26.2. The van der Waals surface area contributed by atoms with Gasteiger partial charge in [0.05, 0.1) is 19.8 Å². The summed E-state index contributed by atoms with van der Waals surface area (Å²) in [6.45, 7) is 7.57. The average Bonchev–Trinajstić information content (AvgIpc) is 3.29. The molecule has 0 radical (unpaired) electrons. The van der Waals surface area contributed by atoms with Gasteiger partial charge in [0, 0.05) is 38.2 Å². The first-order valence-electron chi connectivity index (χ1n) is 10.7. The van der Waals surface area contributed by atoms with Crippen LogP contribution in [0.3, 0.4) is 0 Å². The number of guanidine groups is 1. The Morgan fingerprint density at radius 1 is 1.12 bits per heavy atom. The number of halogens is 2. The van der Waals surface area contributed by atoms with Crippen molar-refractivity contribution in [3.63, 3.8) is 0 Å². The highest BCUT2D eigenvalue weighted by atomic mass is 127. The van der Waals surface area contributed by atoms with Gasteiger partial charge in [-0.2, -0.15) is 0 Å². The van der Waals surface area contributed by atoms with E-state index >= 15 is 0 Å². The van der Waals surface area contributed by atoms with Crippen LogP contribution in [0, 0.1) is 18.7 Å². The zero-order valence-corrected chi connectivity index (χ0v) is 21.3. The van der Waals surface area contributed by atoms with Gasteiger partial charge < -0.3 is 24.8 Å². The third kappa shape index (κ3) is 7.81. The Hall–Kier alpha value is -2.07. The van der Waals surface area contributed by atoms with Crippen LogP contribution in [0.25, 0.3) is 0 Å². The fourth-order valence-corrected chi connectivity index (χ4v) is 3.38. The molecule has 0 saturated carbocycles. The molecule has 0 aliphatic carbocycles. The first-order valence-corrected chi connectivity index (χ1v) is 10.7. The van der Waals surface area contributed by atoms with E-state index in [1.54, 1.807) is 13.1 Å². The molecule has 32 heavy (non-hydrogen) atoms. The van der Waals surface area contributed by atoms with E-state index in [1.807, 2.05) is 13.0 Å². The Labute approximate surface area is 207 Å². The highest BCUT2D eigenvalue weighted by Crippen LogP contribution is 2.23. The summed E-state index contributed by atoms with van der Waals surface area (Å²) in [5.41, 5.74) is 3.02. The van der Waals surface area contributed by atoms with Gasteiger partial charge in [-0.25, -0.2) is 4.39 Å². The zero-order chi connectivity index (χ0) is 22.1. The molecule has 1 aliphatic rings. The van der Waals surface area contributed by atoms with Crippen molar-refractivity contribution in [1.29, 1.82) is 0 Å². The minimum Gasteiger partial charge on any atom is -0.493 e. The largest absolute Gasteiger partial charge is 0.493 e. The molecular weight excluding hydrogens is 524 g/mol. The number of hydrogen-bond donors (Lipinski definition) is 2. The smallest absolute Gasteiger partial charge is 0.191 e. The van der Waals surface area contributed by atoms with Gasteiger partial charge in [0.25, 0.3) is 0 Å². The van der Waals surface area contributed by atoms with Crippen molar-refractivity contribution in [1.82, 2.24) is 10.6 Å². The predicted octanol–water partition coefficient (Wildman–Crippen LogP) is 4.43. The van der Waals surface area contributed by atoms with Crippen LogP contribution in [0.5, 0.6) is 11.5 Å². The van der Waals surface area contributed by atoms with Gasteiger partial charge in [0.15, 0.2) is 17.5 Å². The van der Waals surface area contributed by atoms with Gasteiger partial charge in [-0.3, -0.25) is 4.99 Å². The number of hydrogen-bond acceptors (Lipinski definition) is 4. The van der Waals surface area contributed by atoms with Crippen molar-refractivity contribution in [3.05, 3.63) is 58.9 Å². The van der Waals surface area contributed by atoms with E-state index in [4.69, 9.17) is 14.2 Å². The summed E-state index contributed by atoms with van der Waals surface area (Å²) >= 11 is 0. The summed E-state index contributed by atoms with van der Waals surface area (Å²) in [4.78, 5) is 4.26. The molecule has 0 bridgehead atoms. The average molecular weight is 557 g/mol. The van der Waals surface area contributed by atoms with Gasteiger partial charge in [-0.05, 0) is 49.6 Å². The second-order valence-electron chi connectivity index (χ2n) is 7.63. The normalized spacial score (nSPS) is 15.8. The molecule has 1 atom stereocenters. The maximum absolute atomic E-state index is 14.1. The highest BCUT2D eigenvalue weighted by molar-refractivity contribution is 14.0. The minimum atomic E-state index is -0.363.